The van der Waals surface area contributed by atoms with Crippen molar-refractivity contribution in [2.75, 3.05) is 0 Å². The van der Waals surface area contributed by atoms with Crippen LogP contribution in [0.15, 0.2) is 30.3 Å². The number of hydrogen-bond acceptors (Lipinski definition) is 2. The van der Waals surface area contributed by atoms with Gasteiger partial charge in [0.2, 0.25) is 0 Å². The van der Waals surface area contributed by atoms with Crippen LogP contribution in [-0.4, -0.2) is 5.97 Å². The molecule has 0 fully saturated rings. The molecule has 3 heteroatoms. The van der Waals surface area contributed by atoms with Crippen LogP contribution < -0.4 is 5.11 Å². The van der Waals surface area contributed by atoms with Crippen LogP contribution in [0.1, 0.15) is 10.4 Å². The fourth-order valence-electron chi connectivity index (χ4n) is 0.574. The van der Waals surface area contributed by atoms with Crippen molar-refractivity contribution >= 4 is 5.97 Å². The van der Waals surface area contributed by atoms with E-state index in [1.807, 2.05) is 0 Å². The number of benzene rings is 1. The van der Waals surface area contributed by atoms with Crippen molar-refractivity contribution in [3.05, 3.63) is 35.9 Å². The van der Waals surface area contributed by atoms with Gasteiger partial charge >= 0.3 is 19.5 Å². The van der Waals surface area contributed by atoms with Crippen LogP contribution in [0.2, 0.25) is 0 Å². The monoisotopic (exact) mass is 185 g/mol. The topological polar surface area (TPSA) is 40.1 Å². The van der Waals surface area contributed by atoms with Crippen LogP contribution >= 0.6 is 0 Å². The Labute approximate surface area is 71.6 Å². The zero-order valence-electron chi connectivity index (χ0n) is 5.41. The molecule has 46 valence electrons. The molecule has 10 heavy (non-hydrogen) atoms. The number of hydrogen-bond donors (Lipinski definition) is 0. The summed E-state index contributed by atoms with van der Waals surface area (Å²) in [6, 6.07) is 8.06. The maximum absolute atomic E-state index is 10.1. The van der Waals surface area contributed by atoms with Crippen molar-refractivity contribution in [2.24, 2.45) is 0 Å². The molecule has 0 aliphatic rings. The summed E-state index contributed by atoms with van der Waals surface area (Å²) in [6.45, 7) is 0. The normalized spacial score (nSPS) is 8.00. The standard InChI is InChI=1S/C7H6O2.Zn/c8-7(9)6-4-2-1-3-5-6;/h1-5H,(H,8,9);/q;+2/p-1. The van der Waals surface area contributed by atoms with Crippen molar-refractivity contribution in [1.29, 1.82) is 0 Å². The van der Waals surface area contributed by atoms with Gasteiger partial charge in [-0.15, -0.1) is 0 Å². The second-order valence-electron chi connectivity index (χ2n) is 1.65. The first-order valence-corrected chi connectivity index (χ1v) is 2.57. The van der Waals surface area contributed by atoms with Gasteiger partial charge in [-0.05, 0) is 5.56 Å². The van der Waals surface area contributed by atoms with Gasteiger partial charge in [0.25, 0.3) is 0 Å². The molecule has 0 N–H and O–H groups in total. The quantitative estimate of drug-likeness (QED) is 0.582. The van der Waals surface area contributed by atoms with E-state index in [9.17, 15) is 9.90 Å². The van der Waals surface area contributed by atoms with Gasteiger partial charge in [-0.3, -0.25) is 0 Å². The van der Waals surface area contributed by atoms with E-state index in [-0.39, 0.29) is 25.0 Å². The average molecular weight is 187 g/mol. The largest absolute Gasteiger partial charge is 2.00 e. The summed E-state index contributed by atoms with van der Waals surface area (Å²) < 4.78 is 0. The molecule has 1 aromatic rings. The Bertz CT molecular complexity index is 208. The van der Waals surface area contributed by atoms with Crippen LogP contribution in [0.25, 0.3) is 0 Å². The zero-order chi connectivity index (χ0) is 6.69. The van der Waals surface area contributed by atoms with E-state index in [1.165, 1.54) is 12.1 Å². The fourth-order valence-corrected chi connectivity index (χ4v) is 0.574. The van der Waals surface area contributed by atoms with E-state index >= 15 is 0 Å². The summed E-state index contributed by atoms with van der Waals surface area (Å²) in [5, 5.41) is 10.1. The third-order valence-corrected chi connectivity index (χ3v) is 1.01. The smallest absolute Gasteiger partial charge is 0.545 e. The van der Waals surface area contributed by atoms with E-state index in [4.69, 9.17) is 0 Å². The summed E-state index contributed by atoms with van der Waals surface area (Å²) in [4.78, 5) is 10.1. The summed E-state index contributed by atoms with van der Waals surface area (Å²) in [6.07, 6.45) is 0. The number of rotatable bonds is 1. The molecular formula is C7H5O2Zn+. The molecule has 0 unspecified atom stereocenters. The Morgan fingerprint density at radius 1 is 1.20 bits per heavy atom. The molecular weight excluding hydrogens is 181 g/mol. The van der Waals surface area contributed by atoms with Gasteiger partial charge in [-0.2, -0.15) is 0 Å². The second kappa shape index (κ2) is 4.18. The SMILES string of the molecule is O=C([O-])c1ccccc1.[Zn+2]. The first-order valence-electron chi connectivity index (χ1n) is 2.57. The number of carbonyl (C=O) groups is 1. The van der Waals surface area contributed by atoms with Gasteiger partial charge in [0.1, 0.15) is 0 Å². The van der Waals surface area contributed by atoms with Crippen molar-refractivity contribution in [3.63, 3.8) is 0 Å². The van der Waals surface area contributed by atoms with Crippen LogP contribution in [0.4, 0.5) is 0 Å². The summed E-state index contributed by atoms with van der Waals surface area (Å²) >= 11 is 0. The fraction of sp³-hybridized carbons (Fsp3) is 0. The minimum absolute atomic E-state index is 0. The molecule has 0 atom stereocenters. The molecule has 0 heterocycles. The summed E-state index contributed by atoms with van der Waals surface area (Å²) in [7, 11) is 0. The van der Waals surface area contributed by atoms with Gasteiger partial charge in [0.15, 0.2) is 0 Å². The molecule has 0 radical (unpaired) electrons. The molecule has 0 saturated carbocycles. The molecule has 0 amide bonds. The van der Waals surface area contributed by atoms with Crippen molar-refractivity contribution in [2.45, 2.75) is 0 Å². The number of aromatic carboxylic acids is 1. The van der Waals surface area contributed by atoms with E-state index in [2.05, 4.69) is 0 Å². The molecule has 0 aromatic heterocycles. The van der Waals surface area contributed by atoms with E-state index in [0.717, 1.165) is 0 Å². The van der Waals surface area contributed by atoms with Gasteiger partial charge in [0, 0.05) is 0 Å². The minimum Gasteiger partial charge on any atom is -0.545 e. The molecule has 0 saturated heterocycles. The minimum atomic E-state index is -1.13. The molecule has 0 aliphatic carbocycles. The Hall–Kier alpha value is -0.687. The molecule has 0 spiro atoms. The first kappa shape index (κ1) is 9.31. The van der Waals surface area contributed by atoms with Crippen molar-refractivity contribution < 1.29 is 29.4 Å². The third kappa shape index (κ3) is 2.28. The Balaban J connectivity index is 0.000000810. The van der Waals surface area contributed by atoms with E-state index in [0.29, 0.717) is 0 Å². The number of carboxylic acid groups (broad SMARTS) is 1. The van der Waals surface area contributed by atoms with Crippen LogP contribution in [0.3, 0.4) is 0 Å². The number of carbonyl (C=O) groups excluding carboxylic acids is 1. The van der Waals surface area contributed by atoms with Gasteiger partial charge < -0.3 is 9.90 Å². The Morgan fingerprint density at radius 3 is 2.00 bits per heavy atom. The third-order valence-electron chi connectivity index (χ3n) is 1.01. The van der Waals surface area contributed by atoms with Crippen molar-refractivity contribution in [1.82, 2.24) is 0 Å². The molecule has 0 bridgehead atoms. The predicted molar refractivity (Wildman–Crippen MR) is 30.8 cm³/mol. The molecule has 0 aliphatic heterocycles. The first-order chi connectivity index (χ1) is 4.30. The Morgan fingerprint density at radius 2 is 1.70 bits per heavy atom. The molecule has 1 rings (SSSR count). The summed E-state index contributed by atoms with van der Waals surface area (Å²) in [5.74, 6) is -1.13. The van der Waals surface area contributed by atoms with E-state index in [1.54, 1.807) is 18.2 Å². The molecule has 2 nitrogen and oxygen atoms in total. The zero-order valence-corrected chi connectivity index (χ0v) is 8.38. The number of carboxylic acids is 1. The predicted octanol–water partition coefficient (Wildman–Crippen LogP) is 0.0476. The Kier molecular flexibility index (Phi) is 3.89. The molecule has 1 aromatic carbocycles. The van der Waals surface area contributed by atoms with Crippen molar-refractivity contribution in [3.8, 4) is 0 Å². The van der Waals surface area contributed by atoms with Crippen LogP contribution in [0, 0.1) is 0 Å². The van der Waals surface area contributed by atoms with E-state index < -0.39 is 5.97 Å². The average Bonchev–Trinajstić information content (AvgIpc) is 1.90. The second-order valence-corrected chi connectivity index (χ2v) is 1.65. The van der Waals surface area contributed by atoms with Crippen LogP contribution in [-0.2, 0) is 19.5 Å². The summed E-state index contributed by atoms with van der Waals surface area (Å²) in [5.41, 5.74) is 0.220. The maximum atomic E-state index is 10.1. The van der Waals surface area contributed by atoms with Gasteiger partial charge in [-0.1, -0.05) is 30.3 Å². The maximum Gasteiger partial charge on any atom is 2.00 e. The van der Waals surface area contributed by atoms with Crippen LogP contribution in [0.5, 0.6) is 0 Å². The van der Waals surface area contributed by atoms with Gasteiger partial charge in [0.05, 0.1) is 5.97 Å². The van der Waals surface area contributed by atoms with Gasteiger partial charge in [-0.25, -0.2) is 0 Å².